The molecule has 0 bridgehead atoms. The highest BCUT2D eigenvalue weighted by atomic mass is 32.1. The van der Waals surface area contributed by atoms with Crippen LogP contribution in [0.2, 0.25) is 0 Å². The minimum absolute atomic E-state index is 0.298. The van der Waals surface area contributed by atoms with Gasteiger partial charge in [0.05, 0.1) is 18.8 Å². The Morgan fingerprint density at radius 2 is 2.22 bits per heavy atom. The Labute approximate surface area is 165 Å². The van der Waals surface area contributed by atoms with Gasteiger partial charge in [-0.3, -0.25) is 10.2 Å². The molecule has 2 aromatic heterocycles. The molecule has 3 heterocycles. The number of pyridine rings is 1. The first kappa shape index (κ1) is 19.2. The molecule has 3 rings (SSSR count). The van der Waals surface area contributed by atoms with E-state index in [0.29, 0.717) is 27.9 Å². The molecule has 27 heavy (non-hydrogen) atoms. The van der Waals surface area contributed by atoms with Crippen molar-refractivity contribution in [1.29, 1.82) is 5.26 Å². The van der Waals surface area contributed by atoms with Crippen LogP contribution in [-0.2, 0) is 11.4 Å². The van der Waals surface area contributed by atoms with Gasteiger partial charge < -0.3 is 9.64 Å². The average Bonchev–Trinajstić information content (AvgIpc) is 3.01. The Hall–Kier alpha value is -2.55. The normalized spacial score (nSPS) is 14.6. The van der Waals surface area contributed by atoms with Crippen molar-refractivity contribution in [2.45, 2.75) is 13.6 Å². The molecule has 9 nitrogen and oxygen atoms in total. The van der Waals surface area contributed by atoms with Gasteiger partial charge >= 0.3 is 6.09 Å². The number of aromatic nitrogens is 3. The van der Waals surface area contributed by atoms with Crippen LogP contribution in [0.15, 0.2) is 18.3 Å². The number of hydrogen-bond donors (Lipinski definition) is 1. The maximum Gasteiger partial charge on any atom is 0.413 e. The molecule has 1 amide bonds. The van der Waals surface area contributed by atoms with E-state index in [1.165, 1.54) is 11.3 Å². The predicted octanol–water partition coefficient (Wildman–Crippen LogP) is 2.29. The van der Waals surface area contributed by atoms with Gasteiger partial charge in [-0.15, -0.1) is 5.10 Å². The largest absolute Gasteiger partial charge is 0.450 e. The quantitative estimate of drug-likeness (QED) is 0.757. The van der Waals surface area contributed by atoms with Crippen LogP contribution in [0.1, 0.15) is 12.5 Å². The second-order valence-corrected chi connectivity index (χ2v) is 7.37. The Balaban J connectivity index is 1.58. The molecule has 11 heteroatoms. The van der Waals surface area contributed by atoms with E-state index >= 15 is 0 Å². The molecule has 0 aromatic carbocycles. The number of hydrogen-bond acceptors (Lipinski definition) is 9. The van der Waals surface area contributed by atoms with Crippen LogP contribution in [0.25, 0.3) is 0 Å². The molecular formula is C16H19N7O2S2. The van der Waals surface area contributed by atoms with Crippen LogP contribution in [0, 0.1) is 15.3 Å². The summed E-state index contributed by atoms with van der Waals surface area (Å²) in [5.74, 6) is 0.728. The fraction of sp³-hybridized carbons (Fsp3) is 0.438. The van der Waals surface area contributed by atoms with Gasteiger partial charge in [-0.2, -0.15) is 5.26 Å². The summed E-state index contributed by atoms with van der Waals surface area (Å²) in [6, 6.07) is 5.74. The third-order valence-electron chi connectivity index (χ3n) is 4.00. The summed E-state index contributed by atoms with van der Waals surface area (Å²) in [7, 11) is 0. The van der Waals surface area contributed by atoms with Crippen molar-refractivity contribution >= 4 is 40.6 Å². The highest BCUT2D eigenvalue weighted by Gasteiger charge is 2.21. The van der Waals surface area contributed by atoms with Gasteiger partial charge in [0.25, 0.3) is 0 Å². The monoisotopic (exact) mass is 405 g/mol. The first-order valence-electron chi connectivity index (χ1n) is 8.45. The summed E-state index contributed by atoms with van der Waals surface area (Å²) in [6.45, 7) is 5.69. The van der Waals surface area contributed by atoms with Crippen molar-refractivity contribution in [2.75, 3.05) is 43.0 Å². The second-order valence-electron chi connectivity index (χ2n) is 5.75. The fourth-order valence-electron chi connectivity index (χ4n) is 2.73. The zero-order chi connectivity index (χ0) is 19.2. The molecule has 1 aliphatic rings. The van der Waals surface area contributed by atoms with Gasteiger partial charge in [-0.05, 0) is 31.3 Å². The highest BCUT2D eigenvalue weighted by Crippen LogP contribution is 2.19. The topological polar surface area (TPSA) is 99.3 Å². The van der Waals surface area contributed by atoms with E-state index < -0.39 is 6.09 Å². The molecule has 1 aliphatic heterocycles. The Morgan fingerprint density at radius 1 is 1.44 bits per heavy atom. The molecule has 142 valence electrons. The number of anilines is 2. The van der Waals surface area contributed by atoms with Gasteiger partial charge in [0.15, 0.2) is 3.95 Å². The Kier molecular flexibility index (Phi) is 6.33. The summed E-state index contributed by atoms with van der Waals surface area (Å²) in [5, 5.41) is 16.6. The molecule has 0 saturated carbocycles. The van der Waals surface area contributed by atoms with Crippen molar-refractivity contribution in [1.82, 2.24) is 19.7 Å². The lowest BCUT2D eigenvalue weighted by atomic mass is 10.2. The lowest BCUT2D eigenvalue weighted by Gasteiger charge is -2.35. The Morgan fingerprint density at radius 3 is 2.93 bits per heavy atom. The number of nitriles is 1. The van der Waals surface area contributed by atoms with Crippen LogP contribution < -0.4 is 10.2 Å². The summed E-state index contributed by atoms with van der Waals surface area (Å²) in [6.07, 6.45) is 1.17. The minimum atomic E-state index is -0.536. The molecular weight excluding hydrogens is 386 g/mol. The standard InChI is InChI=1S/C16H19N7O2S2/c1-2-25-15(24)19-14-20-23(16(26)27-14)11-21-6-8-22(9-7-21)13-12(10-17)4-3-5-18-13/h3-5H,2,6-9,11H2,1H3,(H,19,20,24). The molecule has 1 fully saturated rings. The maximum absolute atomic E-state index is 11.5. The molecule has 0 atom stereocenters. The van der Waals surface area contributed by atoms with Crippen LogP contribution in [0.4, 0.5) is 15.7 Å². The lowest BCUT2D eigenvalue weighted by Crippen LogP contribution is -2.47. The summed E-state index contributed by atoms with van der Waals surface area (Å²) in [4.78, 5) is 20.2. The summed E-state index contributed by atoms with van der Waals surface area (Å²) >= 11 is 6.57. The van der Waals surface area contributed by atoms with Gasteiger partial charge in [-0.25, -0.2) is 14.5 Å². The highest BCUT2D eigenvalue weighted by molar-refractivity contribution is 7.73. The number of carbonyl (C=O) groups excluding carboxylic acids is 1. The Bertz CT molecular complexity index is 897. The van der Waals surface area contributed by atoms with E-state index in [0.717, 1.165) is 32.0 Å². The van der Waals surface area contributed by atoms with E-state index in [1.807, 2.05) is 0 Å². The van der Waals surface area contributed by atoms with Gasteiger partial charge in [0.1, 0.15) is 11.9 Å². The fourth-order valence-corrected chi connectivity index (χ4v) is 3.71. The molecule has 0 spiro atoms. The number of ether oxygens (including phenoxy) is 1. The van der Waals surface area contributed by atoms with Crippen LogP contribution in [0.5, 0.6) is 0 Å². The van der Waals surface area contributed by atoms with Crippen LogP contribution >= 0.6 is 23.6 Å². The molecule has 1 N–H and O–H groups in total. The predicted molar refractivity (Wildman–Crippen MR) is 104 cm³/mol. The molecule has 0 unspecified atom stereocenters. The average molecular weight is 406 g/mol. The van der Waals surface area contributed by atoms with Gasteiger partial charge in [0, 0.05) is 32.4 Å². The van der Waals surface area contributed by atoms with Gasteiger partial charge in [0.2, 0.25) is 5.13 Å². The smallest absolute Gasteiger partial charge is 0.413 e. The molecule has 0 aliphatic carbocycles. The second kappa shape index (κ2) is 8.90. The third-order valence-corrected chi connectivity index (χ3v) is 5.23. The SMILES string of the molecule is CCOC(=O)Nc1nn(CN2CCN(c3ncccc3C#N)CC2)c(=S)s1. The summed E-state index contributed by atoms with van der Waals surface area (Å²) in [5.41, 5.74) is 0.586. The van der Waals surface area contributed by atoms with Crippen LogP contribution in [0.3, 0.4) is 0 Å². The van der Waals surface area contributed by atoms with Crippen molar-refractivity contribution in [3.8, 4) is 6.07 Å². The summed E-state index contributed by atoms with van der Waals surface area (Å²) < 4.78 is 7.12. The maximum atomic E-state index is 11.5. The van der Waals surface area contributed by atoms with Crippen molar-refractivity contribution in [3.05, 3.63) is 27.8 Å². The van der Waals surface area contributed by atoms with Crippen LogP contribution in [-0.4, -0.2) is 58.5 Å². The number of nitrogens with one attached hydrogen (secondary N) is 1. The van der Waals surface area contributed by atoms with Crippen molar-refractivity contribution in [2.24, 2.45) is 0 Å². The molecule has 2 aromatic rings. The molecule has 0 radical (unpaired) electrons. The van der Waals surface area contributed by atoms with E-state index in [9.17, 15) is 10.1 Å². The van der Waals surface area contributed by atoms with E-state index in [1.54, 1.807) is 29.9 Å². The van der Waals surface area contributed by atoms with Crippen molar-refractivity contribution < 1.29 is 9.53 Å². The number of amides is 1. The van der Waals surface area contributed by atoms with Gasteiger partial charge in [-0.1, -0.05) is 11.3 Å². The van der Waals surface area contributed by atoms with E-state index in [2.05, 4.69) is 31.3 Å². The van der Waals surface area contributed by atoms with Crippen molar-refractivity contribution in [3.63, 3.8) is 0 Å². The molecule has 1 saturated heterocycles. The third kappa shape index (κ3) is 4.79. The number of piperazine rings is 1. The number of rotatable bonds is 5. The first-order chi connectivity index (χ1) is 13.1. The number of nitrogens with zero attached hydrogens (tertiary/aromatic N) is 6. The van der Waals surface area contributed by atoms with E-state index in [-0.39, 0.29) is 0 Å². The van der Waals surface area contributed by atoms with E-state index in [4.69, 9.17) is 17.0 Å². The minimum Gasteiger partial charge on any atom is -0.450 e. The lowest BCUT2D eigenvalue weighted by molar-refractivity contribution is 0.167. The first-order valence-corrected chi connectivity index (χ1v) is 9.67. The zero-order valence-corrected chi connectivity index (χ0v) is 16.4. The number of carbonyl (C=O) groups is 1. The zero-order valence-electron chi connectivity index (χ0n) is 14.8.